The van der Waals surface area contributed by atoms with Gasteiger partial charge in [-0.3, -0.25) is 4.79 Å². The summed E-state index contributed by atoms with van der Waals surface area (Å²) in [5.41, 5.74) is 2.97. The van der Waals surface area contributed by atoms with E-state index in [0.29, 0.717) is 36.9 Å². The minimum Gasteiger partial charge on any atom is -0.288 e. The fourth-order valence-electron chi connectivity index (χ4n) is 3.08. The fourth-order valence-corrected chi connectivity index (χ4v) is 4.89. The highest BCUT2D eigenvalue weighted by Crippen LogP contribution is 2.36. The lowest BCUT2D eigenvalue weighted by Gasteiger charge is -2.06. The second-order valence-corrected chi connectivity index (χ2v) is 8.61. The fraction of sp³-hybridized carbons (Fsp3) is 0.0952. The van der Waals surface area contributed by atoms with E-state index in [9.17, 15) is 4.79 Å². The van der Waals surface area contributed by atoms with Gasteiger partial charge >= 0.3 is 0 Å². The Morgan fingerprint density at radius 1 is 0.929 bits per heavy atom. The lowest BCUT2D eigenvalue weighted by Crippen LogP contribution is -2.00. The quantitative estimate of drug-likeness (QED) is 0.313. The van der Waals surface area contributed by atoms with Gasteiger partial charge in [-0.1, -0.05) is 34.8 Å². The molecule has 0 aliphatic carbocycles. The van der Waals surface area contributed by atoms with E-state index in [1.807, 2.05) is 13.8 Å². The summed E-state index contributed by atoms with van der Waals surface area (Å²) in [6.07, 6.45) is 0. The highest BCUT2D eigenvalue weighted by atomic mass is 35.5. The van der Waals surface area contributed by atoms with Crippen molar-refractivity contribution in [2.24, 2.45) is 0 Å². The number of ketones is 1. The summed E-state index contributed by atoms with van der Waals surface area (Å²) in [5.74, 6) is 0.459. The molecule has 0 amide bonds. The van der Waals surface area contributed by atoms with E-state index in [2.05, 4.69) is 9.97 Å². The van der Waals surface area contributed by atoms with Crippen LogP contribution in [0.3, 0.4) is 0 Å². The van der Waals surface area contributed by atoms with Crippen LogP contribution in [0.5, 0.6) is 0 Å². The summed E-state index contributed by atoms with van der Waals surface area (Å²) in [7, 11) is 0. The minimum absolute atomic E-state index is 0.0531. The average Bonchev–Trinajstić information content (AvgIpc) is 2.98. The van der Waals surface area contributed by atoms with Crippen LogP contribution in [0.1, 0.15) is 26.5 Å². The van der Waals surface area contributed by atoms with Gasteiger partial charge in [-0.2, -0.15) is 0 Å². The third-order valence-corrected chi connectivity index (χ3v) is 6.44. The number of aromatic nitrogens is 2. The zero-order valence-electron chi connectivity index (χ0n) is 14.9. The average molecular weight is 448 g/mol. The molecule has 0 unspecified atom stereocenters. The number of fused-ring (bicyclic) bond motifs is 1. The Labute approximate surface area is 180 Å². The van der Waals surface area contributed by atoms with Gasteiger partial charge in [0.1, 0.15) is 4.83 Å². The SMILES string of the molecule is Cc1nc(-c2ccc(Cl)cc2Cl)nc2sc(C(=O)c3ccc(Cl)cc3)c(C)c12. The van der Waals surface area contributed by atoms with E-state index in [1.54, 1.807) is 42.5 Å². The Kier molecular flexibility index (Phi) is 5.15. The maximum absolute atomic E-state index is 13.0. The summed E-state index contributed by atoms with van der Waals surface area (Å²) >= 11 is 19.6. The number of rotatable bonds is 3. The number of benzene rings is 2. The molecular formula is C21H13Cl3N2OS. The van der Waals surface area contributed by atoms with Gasteiger partial charge in [-0.15, -0.1) is 11.3 Å². The molecule has 0 fully saturated rings. The van der Waals surface area contributed by atoms with Crippen LogP contribution in [0.4, 0.5) is 0 Å². The van der Waals surface area contributed by atoms with Crippen molar-refractivity contribution in [1.29, 1.82) is 0 Å². The van der Waals surface area contributed by atoms with Crippen molar-refractivity contribution in [2.45, 2.75) is 13.8 Å². The maximum atomic E-state index is 13.0. The first-order valence-corrected chi connectivity index (χ1v) is 10.3. The van der Waals surface area contributed by atoms with Gasteiger partial charge in [0.15, 0.2) is 5.82 Å². The molecule has 28 heavy (non-hydrogen) atoms. The molecule has 0 aliphatic rings. The Hall–Kier alpha value is -1.98. The molecule has 0 spiro atoms. The molecule has 2 aromatic heterocycles. The predicted molar refractivity (Wildman–Crippen MR) is 117 cm³/mol. The molecule has 0 N–H and O–H groups in total. The summed E-state index contributed by atoms with van der Waals surface area (Å²) in [5, 5.41) is 2.53. The van der Waals surface area contributed by atoms with Crippen LogP contribution >= 0.6 is 46.1 Å². The number of thiophene rings is 1. The van der Waals surface area contributed by atoms with E-state index < -0.39 is 0 Å². The van der Waals surface area contributed by atoms with Gasteiger partial charge in [-0.25, -0.2) is 9.97 Å². The Morgan fingerprint density at radius 3 is 2.29 bits per heavy atom. The van der Waals surface area contributed by atoms with E-state index in [1.165, 1.54) is 11.3 Å². The van der Waals surface area contributed by atoms with Gasteiger partial charge in [0.25, 0.3) is 0 Å². The number of carbonyl (C=O) groups is 1. The van der Waals surface area contributed by atoms with Gasteiger partial charge < -0.3 is 0 Å². The molecule has 2 aromatic carbocycles. The third-order valence-electron chi connectivity index (χ3n) is 4.46. The summed E-state index contributed by atoms with van der Waals surface area (Å²) in [6.45, 7) is 3.83. The molecule has 0 bridgehead atoms. The van der Waals surface area contributed by atoms with Crippen molar-refractivity contribution < 1.29 is 4.79 Å². The Morgan fingerprint density at radius 2 is 1.61 bits per heavy atom. The Bertz CT molecular complexity index is 1230. The molecule has 7 heteroatoms. The summed E-state index contributed by atoms with van der Waals surface area (Å²) < 4.78 is 0. The van der Waals surface area contributed by atoms with Gasteiger partial charge in [0.05, 0.1) is 15.6 Å². The lowest BCUT2D eigenvalue weighted by molar-refractivity contribution is 0.104. The monoisotopic (exact) mass is 446 g/mol. The third kappa shape index (κ3) is 3.42. The van der Waals surface area contributed by atoms with Gasteiger partial charge in [0, 0.05) is 26.6 Å². The molecule has 0 radical (unpaired) electrons. The standard InChI is InChI=1S/C21H13Cl3N2OS/c1-10-17-11(2)25-20(15-8-7-14(23)9-16(15)24)26-21(17)28-19(10)18(27)12-3-5-13(22)6-4-12/h3-9H,1-2H3. The van der Waals surface area contributed by atoms with E-state index >= 15 is 0 Å². The number of carbonyl (C=O) groups excluding carboxylic acids is 1. The first kappa shape index (κ1) is 19.3. The zero-order chi connectivity index (χ0) is 20.0. The van der Waals surface area contributed by atoms with Crippen LogP contribution in [-0.2, 0) is 0 Å². The number of aryl methyl sites for hydroxylation is 2. The predicted octanol–water partition coefficient (Wildman–Crippen LogP) is 7.17. The second kappa shape index (κ2) is 7.45. The van der Waals surface area contributed by atoms with Crippen LogP contribution in [0.2, 0.25) is 15.1 Å². The molecule has 0 aliphatic heterocycles. The summed E-state index contributed by atoms with van der Waals surface area (Å²) in [4.78, 5) is 23.7. The molecule has 0 atom stereocenters. The van der Waals surface area contributed by atoms with Crippen molar-refractivity contribution in [2.75, 3.05) is 0 Å². The molecule has 3 nitrogen and oxygen atoms in total. The largest absolute Gasteiger partial charge is 0.288 e. The van der Waals surface area contributed by atoms with Crippen LogP contribution in [0, 0.1) is 13.8 Å². The van der Waals surface area contributed by atoms with Crippen LogP contribution in [-0.4, -0.2) is 15.8 Å². The highest BCUT2D eigenvalue weighted by Gasteiger charge is 2.21. The second-order valence-electron chi connectivity index (χ2n) is 6.33. The van der Waals surface area contributed by atoms with Gasteiger partial charge in [-0.05, 0) is 61.9 Å². The maximum Gasteiger partial charge on any atom is 0.203 e. The first-order chi connectivity index (χ1) is 13.3. The number of hydrogen-bond acceptors (Lipinski definition) is 4. The van der Waals surface area contributed by atoms with E-state index in [0.717, 1.165) is 21.5 Å². The molecule has 4 rings (SSSR count). The van der Waals surface area contributed by atoms with Crippen LogP contribution in [0.25, 0.3) is 21.6 Å². The van der Waals surface area contributed by atoms with Crippen LogP contribution in [0.15, 0.2) is 42.5 Å². The van der Waals surface area contributed by atoms with Gasteiger partial charge in [0.2, 0.25) is 5.78 Å². The van der Waals surface area contributed by atoms with Crippen molar-refractivity contribution >= 4 is 62.1 Å². The van der Waals surface area contributed by atoms with Crippen LogP contribution < -0.4 is 0 Å². The minimum atomic E-state index is -0.0531. The van der Waals surface area contributed by atoms with Crippen molar-refractivity contribution in [1.82, 2.24) is 9.97 Å². The molecule has 0 saturated heterocycles. The molecule has 2 heterocycles. The van der Waals surface area contributed by atoms with Crippen molar-refractivity contribution in [3.63, 3.8) is 0 Å². The smallest absolute Gasteiger partial charge is 0.203 e. The first-order valence-electron chi connectivity index (χ1n) is 8.38. The zero-order valence-corrected chi connectivity index (χ0v) is 18.0. The van der Waals surface area contributed by atoms with E-state index in [4.69, 9.17) is 34.8 Å². The molecular weight excluding hydrogens is 435 g/mol. The molecule has 4 aromatic rings. The number of halogens is 3. The topological polar surface area (TPSA) is 42.9 Å². The van der Waals surface area contributed by atoms with E-state index in [-0.39, 0.29) is 5.78 Å². The summed E-state index contributed by atoms with van der Waals surface area (Å²) in [6, 6.07) is 12.1. The van der Waals surface area contributed by atoms with Crippen molar-refractivity contribution in [3.05, 3.63) is 79.2 Å². The highest BCUT2D eigenvalue weighted by molar-refractivity contribution is 7.20. The lowest BCUT2D eigenvalue weighted by atomic mass is 10.1. The van der Waals surface area contributed by atoms with Crippen molar-refractivity contribution in [3.8, 4) is 11.4 Å². The molecule has 140 valence electrons. The Balaban J connectivity index is 1.85. The number of nitrogens with zero attached hydrogens (tertiary/aromatic N) is 2. The number of hydrogen-bond donors (Lipinski definition) is 0. The normalized spacial score (nSPS) is 11.2. The molecule has 0 saturated carbocycles.